The van der Waals surface area contributed by atoms with E-state index in [1.807, 2.05) is 18.7 Å². The van der Waals surface area contributed by atoms with Crippen molar-refractivity contribution >= 4 is 23.0 Å². The van der Waals surface area contributed by atoms with Gasteiger partial charge in [-0.2, -0.15) is 5.10 Å². The molecule has 0 aromatic carbocycles. The van der Waals surface area contributed by atoms with Crippen molar-refractivity contribution in [3.8, 4) is 0 Å². The van der Waals surface area contributed by atoms with Gasteiger partial charge in [0.1, 0.15) is 10.8 Å². The Labute approximate surface area is 132 Å². The Morgan fingerprint density at radius 1 is 1.24 bits per heavy atom. The van der Waals surface area contributed by atoms with Crippen LogP contribution in [0.5, 0.6) is 0 Å². The van der Waals surface area contributed by atoms with Gasteiger partial charge in [-0.25, -0.2) is 0 Å². The largest absolute Gasteiger partial charge is 0.389 e. The molecule has 0 amide bonds. The molecule has 2 aliphatic rings. The van der Waals surface area contributed by atoms with Gasteiger partial charge in [0.15, 0.2) is 0 Å². The smallest absolute Gasteiger partial charge is 0.137 e. The molecule has 1 aromatic rings. The van der Waals surface area contributed by atoms with Gasteiger partial charge >= 0.3 is 0 Å². The van der Waals surface area contributed by atoms with Crippen LogP contribution in [0.4, 0.5) is 5.82 Å². The number of hydrogen-bond acceptors (Lipinski definition) is 4. The van der Waals surface area contributed by atoms with Crippen LogP contribution in [0.2, 0.25) is 0 Å². The van der Waals surface area contributed by atoms with Crippen molar-refractivity contribution in [1.29, 1.82) is 0 Å². The number of anilines is 1. The third-order valence-electron chi connectivity index (χ3n) is 4.81. The molecule has 6 heteroatoms. The average Bonchev–Trinajstić information content (AvgIpc) is 3.04. The van der Waals surface area contributed by atoms with Crippen molar-refractivity contribution in [1.82, 2.24) is 14.7 Å². The van der Waals surface area contributed by atoms with Crippen molar-refractivity contribution < 1.29 is 0 Å². The highest BCUT2D eigenvalue weighted by molar-refractivity contribution is 7.80. The summed E-state index contributed by atoms with van der Waals surface area (Å²) in [5, 5.41) is 4.51. The Hall–Kier alpha value is -1.14. The van der Waals surface area contributed by atoms with Crippen LogP contribution in [0.1, 0.15) is 36.9 Å². The van der Waals surface area contributed by atoms with E-state index in [4.69, 9.17) is 18.0 Å². The second-order valence-electron chi connectivity index (χ2n) is 6.26. The number of piperidine rings is 1. The molecule has 2 fully saturated rings. The summed E-state index contributed by atoms with van der Waals surface area (Å²) < 4.78 is 1.93. The van der Waals surface area contributed by atoms with Gasteiger partial charge in [-0.3, -0.25) is 9.58 Å². The molecular weight excluding hydrogens is 282 g/mol. The number of aromatic nitrogens is 2. The Morgan fingerprint density at radius 2 is 1.95 bits per heavy atom. The summed E-state index contributed by atoms with van der Waals surface area (Å²) >= 11 is 5.23. The topological polar surface area (TPSA) is 50.3 Å². The summed E-state index contributed by atoms with van der Waals surface area (Å²) in [7, 11) is 1.98. The zero-order valence-electron chi connectivity index (χ0n) is 13.0. The summed E-state index contributed by atoms with van der Waals surface area (Å²) in [6.45, 7) is 6.62. The highest BCUT2D eigenvalue weighted by Gasteiger charge is 2.32. The maximum Gasteiger partial charge on any atom is 0.137 e. The lowest BCUT2D eigenvalue weighted by Crippen LogP contribution is -2.41. The fourth-order valence-electron chi connectivity index (χ4n) is 3.81. The average molecular weight is 307 g/mol. The molecular formula is C15H25N5S. The van der Waals surface area contributed by atoms with Gasteiger partial charge in [-0.05, 0) is 39.3 Å². The molecule has 116 valence electrons. The summed E-state index contributed by atoms with van der Waals surface area (Å²) in [5.41, 5.74) is 7.80. The van der Waals surface area contributed by atoms with Crippen LogP contribution in [-0.4, -0.2) is 51.9 Å². The normalized spacial score (nSPS) is 23.7. The molecule has 0 bridgehead atoms. The van der Waals surface area contributed by atoms with E-state index in [1.165, 1.54) is 38.8 Å². The highest BCUT2D eigenvalue weighted by atomic mass is 32.1. The molecule has 1 atom stereocenters. The Balaban J connectivity index is 1.78. The lowest BCUT2D eigenvalue weighted by Gasteiger charge is -2.32. The van der Waals surface area contributed by atoms with E-state index in [0.29, 0.717) is 11.0 Å². The summed E-state index contributed by atoms with van der Waals surface area (Å²) in [6, 6.07) is 0.666. The first-order valence-electron chi connectivity index (χ1n) is 7.90. The molecule has 2 aliphatic heterocycles. The Morgan fingerprint density at radius 3 is 2.62 bits per heavy atom. The number of rotatable bonds is 3. The number of nitrogens with zero attached hydrogens (tertiary/aromatic N) is 4. The molecule has 0 spiro atoms. The SMILES string of the molecule is Cc1nn(C)c(N2CCC(N3CCCCC3)C2)c1C(N)=S. The van der Waals surface area contributed by atoms with Crippen molar-refractivity contribution in [3.63, 3.8) is 0 Å². The van der Waals surface area contributed by atoms with Gasteiger partial charge in [-0.15, -0.1) is 0 Å². The molecule has 0 radical (unpaired) electrons. The van der Waals surface area contributed by atoms with Gasteiger partial charge in [0.25, 0.3) is 0 Å². The van der Waals surface area contributed by atoms with Gasteiger partial charge in [0.05, 0.1) is 11.3 Å². The lowest BCUT2D eigenvalue weighted by atomic mass is 10.1. The number of thiocarbonyl (C=S) groups is 1. The van der Waals surface area contributed by atoms with Crippen LogP contribution in [0.15, 0.2) is 0 Å². The second kappa shape index (κ2) is 5.93. The molecule has 2 N–H and O–H groups in total. The van der Waals surface area contributed by atoms with E-state index in [9.17, 15) is 0 Å². The monoisotopic (exact) mass is 307 g/mol. The first-order chi connectivity index (χ1) is 10.1. The van der Waals surface area contributed by atoms with Crippen molar-refractivity contribution in [2.24, 2.45) is 12.8 Å². The molecule has 1 unspecified atom stereocenters. The fraction of sp³-hybridized carbons (Fsp3) is 0.733. The van der Waals surface area contributed by atoms with E-state index in [-0.39, 0.29) is 0 Å². The first-order valence-corrected chi connectivity index (χ1v) is 8.31. The number of likely N-dealkylation sites (tertiary alicyclic amines) is 1. The second-order valence-corrected chi connectivity index (χ2v) is 6.70. The number of hydrogen-bond donors (Lipinski definition) is 1. The predicted octanol–water partition coefficient (Wildman–Crippen LogP) is 1.43. The minimum absolute atomic E-state index is 0.456. The molecule has 0 aliphatic carbocycles. The van der Waals surface area contributed by atoms with Crippen LogP contribution in [0.25, 0.3) is 0 Å². The highest BCUT2D eigenvalue weighted by Crippen LogP contribution is 2.29. The lowest BCUT2D eigenvalue weighted by molar-refractivity contribution is 0.174. The molecule has 3 rings (SSSR count). The molecule has 1 aromatic heterocycles. The standard InChI is InChI=1S/C15H25N5S/c1-11-13(14(16)21)15(18(2)17-11)20-9-6-12(10-20)19-7-4-3-5-8-19/h12H,3-10H2,1-2H3,(H2,16,21). The van der Waals surface area contributed by atoms with Crippen LogP contribution < -0.4 is 10.6 Å². The van der Waals surface area contributed by atoms with Crippen molar-refractivity contribution in [2.45, 2.75) is 38.6 Å². The van der Waals surface area contributed by atoms with Crippen LogP contribution >= 0.6 is 12.2 Å². The maximum absolute atomic E-state index is 5.91. The quantitative estimate of drug-likeness (QED) is 0.856. The van der Waals surface area contributed by atoms with Gasteiger partial charge in [-0.1, -0.05) is 18.6 Å². The number of aryl methyl sites for hydroxylation is 2. The van der Waals surface area contributed by atoms with E-state index >= 15 is 0 Å². The molecule has 21 heavy (non-hydrogen) atoms. The summed E-state index contributed by atoms with van der Waals surface area (Å²) in [4.78, 5) is 5.53. The van der Waals surface area contributed by atoms with Gasteiger partial charge in [0.2, 0.25) is 0 Å². The van der Waals surface area contributed by atoms with Crippen LogP contribution in [-0.2, 0) is 7.05 Å². The summed E-state index contributed by atoms with van der Waals surface area (Å²) in [5.74, 6) is 1.10. The van der Waals surface area contributed by atoms with Crippen molar-refractivity contribution in [3.05, 3.63) is 11.3 Å². The number of nitrogens with two attached hydrogens (primary N) is 1. The van der Waals surface area contributed by atoms with E-state index in [2.05, 4.69) is 14.9 Å². The van der Waals surface area contributed by atoms with Crippen molar-refractivity contribution in [2.75, 3.05) is 31.1 Å². The third-order valence-corrected chi connectivity index (χ3v) is 5.01. The zero-order chi connectivity index (χ0) is 15.0. The Kier molecular flexibility index (Phi) is 4.17. The molecule has 3 heterocycles. The molecule has 2 saturated heterocycles. The molecule has 0 saturated carbocycles. The summed E-state index contributed by atoms with van der Waals surface area (Å²) in [6.07, 6.45) is 5.30. The predicted molar refractivity (Wildman–Crippen MR) is 89.9 cm³/mol. The minimum Gasteiger partial charge on any atom is -0.389 e. The van der Waals surface area contributed by atoms with Crippen LogP contribution in [0, 0.1) is 6.92 Å². The van der Waals surface area contributed by atoms with Gasteiger partial charge < -0.3 is 10.6 Å². The zero-order valence-corrected chi connectivity index (χ0v) is 13.8. The Bertz CT molecular complexity index is 532. The van der Waals surface area contributed by atoms with E-state index in [0.717, 1.165) is 30.2 Å². The van der Waals surface area contributed by atoms with E-state index < -0.39 is 0 Å². The van der Waals surface area contributed by atoms with E-state index in [1.54, 1.807) is 0 Å². The third kappa shape index (κ3) is 2.79. The molecule has 5 nitrogen and oxygen atoms in total. The maximum atomic E-state index is 5.91. The first kappa shape index (κ1) is 14.8. The van der Waals surface area contributed by atoms with Crippen LogP contribution in [0.3, 0.4) is 0 Å². The minimum atomic E-state index is 0.456. The fourth-order valence-corrected chi connectivity index (χ4v) is 4.05. The van der Waals surface area contributed by atoms with Gasteiger partial charge in [0, 0.05) is 26.2 Å².